The fourth-order valence-corrected chi connectivity index (χ4v) is 3.84. The van der Waals surface area contributed by atoms with Gasteiger partial charge in [0.25, 0.3) is 5.91 Å². The molecule has 0 aromatic heterocycles. The van der Waals surface area contributed by atoms with Crippen LogP contribution in [-0.2, 0) is 4.79 Å². The Hall–Kier alpha value is -3.80. The van der Waals surface area contributed by atoms with Crippen molar-refractivity contribution in [1.82, 2.24) is 0 Å². The summed E-state index contributed by atoms with van der Waals surface area (Å²) < 4.78 is 11.4. The number of carbonyl (C=O) groups excluding carboxylic acids is 1. The molecule has 0 saturated heterocycles. The molecule has 0 saturated carbocycles. The van der Waals surface area contributed by atoms with E-state index in [2.05, 4.69) is 10.3 Å². The molecule has 0 radical (unpaired) electrons. The lowest BCUT2D eigenvalue weighted by Crippen LogP contribution is -2.20. The normalized spacial score (nSPS) is 10.8. The summed E-state index contributed by atoms with van der Waals surface area (Å²) in [6.45, 7) is 1.73. The number of rotatable bonds is 8. The van der Waals surface area contributed by atoms with E-state index in [9.17, 15) is 4.79 Å². The second-order valence-electron chi connectivity index (χ2n) is 7.69. The molecule has 0 spiro atoms. The molecule has 4 rings (SSSR count). The quantitative estimate of drug-likeness (QED) is 0.248. The molecule has 0 bridgehead atoms. The molecular formula is C28H22Cl2N2O3. The van der Waals surface area contributed by atoms with Crippen LogP contribution in [0.2, 0.25) is 10.0 Å². The molecule has 0 unspecified atom stereocenters. The van der Waals surface area contributed by atoms with Crippen LogP contribution in [0.5, 0.6) is 17.2 Å². The molecular weight excluding hydrogens is 483 g/mol. The minimum atomic E-state index is -0.312. The summed E-state index contributed by atoms with van der Waals surface area (Å²) in [5, 5.41) is 3.35. The number of ether oxygens (including phenoxy) is 2. The van der Waals surface area contributed by atoms with E-state index < -0.39 is 0 Å². The van der Waals surface area contributed by atoms with Gasteiger partial charge in [-0.3, -0.25) is 9.79 Å². The number of hydrogen-bond acceptors (Lipinski definition) is 4. The van der Waals surface area contributed by atoms with Gasteiger partial charge in [0.05, 0.1) is 15.7 Å². The van der Waals surface area contributed by atoms with E-state index in [1.807, 2.05) is 85.8 Å². The molecule has 0 aliphatic rings. The van der Waals surface area contributed by atoms with Gasteiger partial charge in [0, 0.05) is 11.9 Å². The molecule has 0 heterocycles. The second-order valence-corrected chi connectivity index (χ2v) is 8.50. The van der Waals surface area contributed by atoms with Gasteiger partial charge in [-0.2, -0.15) is 0 Å². The molecule has 7 heteroatoms. The minimum absolute atomic E-state index is 0.224. The Morgan fingerprint density at radius 1 is 0.886 bits per heavy atom. The van der Waals surface area contributed by atoms with Gasteiger partial charge < -0.3 is 14.8 Å². The summed E-state index contributed by atoms with van der Waals surface area (Å²) >= 11 is 12.7. The van der Waals surface area contributed by atoms with Crippen LogP contribution >= 0.6 is 23.2 Å². The highest BCUT2D eigenvalue weighted by molar-refractivity contribution is 6.37. The highest BCUT2D eigenvalue weighted by Gasteiger charge is 2.12. The van der Waals surface area contributed by atoms with Gasteiger partial charge in [0.2, 0.25) is 0 Å². The maximum Gasteiger partial charge on any atom is 0.262 e. The fraction of sp³-hybridized carbons (Fsp3) is 0.0714. The zero-order valence-electron chi connectivity index (χ0n) is 18.9. The molecule has 1 N–H and O–H groups in total. The van der Waals surface area contributed by atoms with Gasteiger partial charge in [0.15, 0.2) is 12.4 Å². The zero-order chi connectivity index (χ0) is 24.6. The highest BCUT2D eigenvalue weighted by Crippen LogP contribution is 2.34. The van der Waals surface area contributed by atoms with Gasteiger partial charge in [-0.25, -0.2) is 0 Å². The van der Waals surface area contributed by atoms with Crippen LogP contribution in [0, 0.1) is 6.92 Å². The Morgan fingerprint density at radius 2 is 1.57 bits per heavy atom. The molecule has 0 aliphatic heterocycles. The van der Waals surface area contributed by atoms with Crippen molar-refractivity contribution < 1.29 is 14.3 Å². The summed E-state index contributed by atoms with van der Waals surface area (Å²) in [6.07, 6.45) is 1.65. The zero-order valence-corrected chi connectivity index (χ0v) is 20.4. The number of amides is 1. The van der Waals surface area contributed by atoms with Crippen molar-refractivity contribution in [2.45, 2.75) is 6.92 Å². The van der Waals surface area contributed by atoms with Crippen molar-refractivity contribution in [3.63, 3.8) is 0 Å². The topological polar surface area (TPSA) is 59.9 Å². The molecule has 0 aliphatic carbocycles. The Bertz CT molecular complexity index is 1320. The maximum absolute atomic E-state index is 12.2. The number of anilines is 1. The summed E-state index contributed by atoms with van der Waals surface area (Å²) in [5.74, 6) is 1.41. The van der Waals surface area contributed by atoms with Gasteiger partial charge in [0.1, 0.15) is 11.5 Å². The van der Waals surface area contributed by atoms with Crippen LogP contribution in [0.25, 0.3) is 0 Å². The van der Waals surface area contributed by atoms with Crippen molar-refractivity contribution >= 4 is 46.7 Å². The largest absolute Gasteiger partial charge is 0.481 e. The molecule has 5 nitrogen and oxygen atoms in total. The maximum atomic E-state index is 12.2. The first-order valence-corrected chi connectivity index (χ1v) is 11.6. The van der Waals surface area contributed by atoms with Crippen molar-refractivity contribution in [3.05, 3.63) is 112 Å². The number of halogens is 2. The smallest absolute Gasteiger partial charge is 0.262 e. The summed E-state index contributed by atoms with van der Waals surface area (Å²) in [6, 6.07) is 27.8. The van der Waals surface area contributed by atoms with Crippen LogP contribution in [0.1, 0.15) is 11.1 Å². The Kier molecular flexibility index (Phi) is 8.03. The standard InChI is InChI=1S/C28H22Cl2N2O3/c1-19-6-5-7-22(14-19)32-27(33)18-34-28-25(29)15-20(16-26(28)30)17-31-21-10-12-24(13-11-21)35-23-8-3-2-4-9-23/h2-17H,18H2,1H3,(H,32,33). The third kappa shape index (κ3) is 7.09. The van der Waals surface area contributed by atoms with Crippen LogP contribution in [0.3, 0.4) is 0 Å². The van der Waals surface area contributed by atoms with Crippen LogP contribution in [0.15, 0.2) is 96.0 Å². The van der Waals surface area contributed by atoms with E-state index in [-0.39, 0.29) is 28.3 Å². The minimum Gasteiger partial charge on any atom is -0.481 e. The van der Waals surface area contributed by atoms with E-state index in [0.29, 0.717) is 17.0 Å². The van der Waals surface area contributed by atoms with E-state index in [4.69, 9.17) is 32.7 Å². The average molecular weight is 505 g/mol. The molecule has 35 heavy (non-hydrogen) atoms. The lowest BCUT2D eigenvalue weighted by Gasteiger charge is -2.11. The Labute approximate surface area is 214 Å². The number of aliphatic imine (C=N–C) groups is 1. The van der Waals surface area contributed by atoms with Crippen LogP contribution in [-0.4, -0.2) is 18.7 Å². The summed E-state index contributed by atoms with van der Waals surface area (Å²) in [5.41, 5.74) is 3.18. The first kappa shape index (κ1) is 24.3. The van der Waals surface area contributed by atoms with Crippen LogP contribution in [0.4, 0.5) is 11.4 Å². The van der Waals surface area contributed by atoms with Crippen molar-refractivity contribution in [2.75, 3.05) is 11.9 Å². The average Bonchev–Trinajstić information content (AvgIpc) is 2.84. The van der Waals surface area contributed by atoms with Gasteiger partial charge in [-0.1, -0.05) is 53.5 Å². The Balaban J connectivity index is 1.36. The van der Waals surface area contributed by atoms with Crippen molar-refractivity contribution in [3.8, 4) is 17.2 Å². The summed E-state index contributed by atoms with van der Waals surface area (Å²) in [4.78, 5) is 16.7. The Morgan fingerprint density at radius 3 is 2.26 bits per heavy atom. The lowest BCUT2D eigenvalue weighted by atomic mass is 10.2. The van der Waals surface area contributed by atoms with E-state index >= 15 is 0 Å². The van der Waals surface area contributed by atoms with Gasteiger partial charge >= 0.3 is 0 Å². The molecule has 0 fully saturated rings. The first-order valence-electron chi connectivity index (χ1n) is 10.8. The van der Waals surface area contributed by atoms with Gasteiger partial charge in [-0.15, -0.1) is 0 Å². The third-order valence-electron chi connectivity index (χ3n) is 4.85. The second kappa shape index (κ2) is 11.6. The number of benzene rings is 4. The molecule has 0 atom stereocenters. The number of carbonyl (C=O) groups is 1. The first-order chi connectivity index (χ1) is 17.0. The molecule has 1 amide bonds. The monoisotopic (exact) mass is 504 g/mol. The predicted octanol–water partition coefficient (Wildman–Crippen LogP) is 7.86. The van der Waals surface area contributed by atoms with Crippen LogP contribution < -0.4 is 14.8 Å². The predicted molar refractivity (Wildman–Crippen MR) is 142 cm³/mol. The number of nitrogens with zero attached hydrogens (tertiary/aromatic N) is 1. The number of nitrogens with one attached hydrogen (secondary N) is 1. The van der Waals surface area contributed by atoms with Crippen molar-refractivity contribution in [1.29, 1.82) is 0 Å². The van der Waals surface area contributed by atoms with E-state index in [1.54, 1.807) is 18.3 Å². The molecule has 4 aromatic carbocycles. The number of para-hydroxylation sites is 1. The number of aryl methyl sites for hydroxylation is 1. The van der Waals surface area contributed by atoms with E-state index in [0.717, 1.165) is 17.0 Å². The van der Waals surface area contributed by atoms with Gasteiger partial charge in [-0.05, 0) is 78.7 Å². The fourth-order valence-electron chi connectivity index (χ4n) is 3.22. The summed E-state index contributed by atoms with van der Waals surface area (Å²) in [7, 11) is 0. The van der Waals surface area contributed by atoms with E-state index in [1.165, 1.54) is 0 Å². The lowest BCUT2D eigenvalue weighted by molar-refractivity contribution is -0.118. The molecule has 176 valence electrons. The highest BCUT2D eigenvalue weighted by atomic mass is 35.5. The third-order valence-corrected chi connectivity index (χ3v) is 5.41. The SMILES string of the molecule is Cc1cccc(NC(=O)COc2c(Cl)cc(C=Nc3ccc(Oc4ccccc4)cc3)cc2Cl)c1. The number of hydrogen-bond donors (Lipinski definition) is 1. The van der Waals surface area contributed by atoms with Crippen molar-refractivity contribution in [2.24, 2.45) is 4.99 Å². The molecule has 4 aromatic rings.